The third-order valence-electron chi connectivity index (χ3n) is 7.40. The van der Waals surface area contributed by atoms with Crippen LogP contribution in [0.25, 0.3) is 11.0 Å². The Morgan fingerprint density at radius 2 is 1.14 bits per heavy atom. The highest BCUT2D eigenvalue weighted by molar-refractivity contribution is 6.30. The molecule has 4 aromatic heterocycles. The average molecular weight is 587 g/mol. The van der Waals surface area contributed by atoms with Crippen LogP contribution in [-0.2, 0) is 9.47 Å². The van der Waals surface area contributed by atoms with Crippen LogP contribution in [0.5, 0.6) is 0 Å². The smallest absolute Gasteiger partial charge is 0.355 e. The summed E-state index contributed by atoms with van der Waals surface area (Å²) in [7, 11) is 7.92. The molecule has 0 fully saturated rings. The fraction of sp³-hybridized carbons (Fsp3) is 0.273. The molecule has 42 heavy (non-hydrogen) atoms. The largest absolute Gasteiger partial charge is 0.461 e. The molecule has 0 aliphatic carbocycles. The van der Waals surface area contributed by atoms with Crippen LogP contribution in [-0.4, -0.2) is 62.1 Å². The van der Waals surface area contributed by atoms with E-state index in [0.29, 0.717) is 16.4 Å². The standard InChI is InChI=1S/C33H35ClN4O4/c1-7-41-32(39)29-19-25(27-17-23(35(3)4)13-15-37(27)29)31(21-9-11-22(34)12-10-21)26-20-30(33(40)42-8-2)38-16-14-24(36(5)6)18-28(26)38/h9-20,31H,7-8H2,1-6H3. The second-order valence-corrected chi connectivity index (χ2v) is 10.9. The number of anilines is 2. The molecule has 0 bridgehead atoms. The summed E-state index contributed by atoms with van der Waals surface area (Å²) in [6, 6.07) is 19.5. The van der Waals surface area contributed by atoms with E-state index < -0.39 is 11.9 Å². The Balaban J connectivity index is 1.88. The summed E-state index contributed by atoms with van der Waals surface area (Å²) in [6.07, 6.45) is 3.79. The summed E-state index contributed by atoms with van der Waals surface area (Å²) in [6.45, 7) is 4.11. The predicted octanol–water partition coefficient (Wildman–Crippen LogP) is 6.51. The fourth-order valence-corrected chi connectivity index (χ4v) is 5.48. The van der Waals surface area contributed by atoms with E-state index in [4.69, 9.17) is 21.1 Å². The Bertz CT molecular complexity index is 1660. The minimum Gasteiger partial charge on any atom is -0.461 e. The van der Waals surface area contributed by atoms with E-state index in [1.807, 2.05) is 108 Å². The lowest BCUT2D eigenvalue weighted by Crippen LogP contribution is -2.11. The monoisotopic (exact) mass is 586 g/mol. The van der Waals surface area contributed by atoms with Crippen LogP contribution in [0.1, 0.15) is 57.4 Å². The van der Waals surface area contributed by atoms with E-state index in [-0.39, 0.29) is 19.1 Å². The molecule has 0 amide bonds. The number of carbonyl (C=O) groups excluding carboxylic acids is 2. The lowest BCUT2D eigenvalue weighted by Gasteiger charge is -2.20. The van der Waals surface area contributed by atoms with Gasteiger partial charge in [-0.05, 0) is 79.1 Å². The zero-order valence-electron chi connectivity index (χ0n) is 24.7. The minimum absolute atomic E-state index is 0.262. The topological polar surface area (TPSA) is 67.9 Å². The maximum atomic E-state index is 13.2. The third kappa shape index (κ3) is 5.30. The van der Waals surface area contributed by atoms with Crippen molar-refractivity contribution >= 4 is 45.9 Å². The average Bonchev–Trinajstić information content (AvgIpc) is 3.53. The van der Waals surface area contributed by atoms with E-state index in [2.05, 4.69) is 12.1 Å². The second kappa shape index (κ2) is 11.8. The van der Waals surface area contributed by atoms with E-state index in [1.165, 1.54) is 0 Å². The number of fused-ring (bicyclic) bond motifs is 2. The van der Waals surface area contributed by atoms with Gasteiger partial charge in [-0.2, -0.15) is 0 Å². The summed E-state index contributed by atoms with van der Waals surface area (Å²) in [5.74, 6) is -1.18. The molecular formula is C33H35ClN4O4. The minimum atomic E-state index is -0.407. The Morgan fingerprint density at radius 1 is 0.714 bits per heavy atom. The molecule has 5 aromatic rings. The van der Waals surface area contributed by atoms with E-state index in [0.717, 1.165) is 39.1 Å². The van der Waals surface area contributed by atoms with Crippen LogP contribution >= 0.6 is 11.6 Å². The van der Waals surface area contributed by atoms with Gasteiger partial charge < -0.3 is 28.1 Å². The van der Waals surface area contributed by atoms with Gasteiger partial charge in [-0.25, -0.2) is 9.59 Å². The quantitative estimate of drug-likeness (QED) is 0.183. The number of carbonyl (C=O) groups is 2. The molecule has 1 aromatic carbocycles. The van der Waals surface area contributed by atoms with E-state index in [1.54, 1.807) is 13.8 Å². The van der Waals surface area contributed by atoms with Crippen LogP contribution < -0.4 is 9.80 Å². The van der Waals surface area contributed by atoms with Gasteiger partial charge in [-0.1, -0.05) is 23.7 Å². The Kier molecular flexibility index (Phi) is 8.18. The lowest BCUT2D eigenvalue weighted by atomic mass is 9.85. The number of rotatable bonds is 9. The molecule has 218 valence electrons. The number of esters is 2. The van der Waals surface area contributed by atoms with Crippen LogP contribution in [0.4, 0.5) is 11.4 Å². The van der Waals surface area contributed by atoms with Gasteiger partial charge in [0.1, 0.15) is 11.4 Å². The number of halogens is 1. The molecule has 0 saturated carbocycles. The van der Waals surface area contributed by atoms with Gasteiger partial charge in [0.2, 0.25) is 0 Å². The molecule has 4 heterocycles. The number of benzene rings is 1. The van der Waals surface area contributed by atoms with Gasteiger partial charge in [-0.3, -0.25) is 0 Å². The number of hydrogen-bond acceptors (Lipinski definition) is 6. The molecule has 0 aliphatic heterocycles. The van der Waals surface area contributed by atoms with Crippen molar-refractivity contribution in [3.8, 4) is 0 Å². The summed E-state index contributed by atoms with van der Waals surface area (Å²) < 4.78 is 14.6. The molecule has 0 atom stereocenters. The van der Waals surface area contributed by atoms with E-state index >= 15 is 0 Å². The van der Waals surface area contributed by atoms with Crippen molar-refractivity contribution in [2.45, 2.75) is 19.8 Å². The van der Waals surface area contributed by atoms with Gasteiger partial charge in [0.25, 0.3) is 0 Å². The fourth-order valence-electron chi connectivity index (χ4n) is 5.35. The summed E-state index contributed by atoms with van der Waals surface area (Å²) in [4.78, 5) is 30.4. The molecule has 9 heteroatoms. The normalized spacial score (nSPS) is 11.3. The summed E-state index contributed by atoms with van der Waals surface area (Å²) in [5, 5.41) is 0.616. The molecule has 0 radical (unpaired) electrons. The number of hydrogen-bond donors (Lipinski definition) is 0. The molecule has 0 N–H and O–H groups in total. The Labute approximate surface area is 250 Å². The van der Waals surface area contributed by atoms with Crippen molar-refractivity contribution in [3.63, 3.8) is 0 Å². The van der Waals surface area contributed by atoms with Gasteiger partial charge in [0.05, 0.1) is 24.2 Å². The Morgan fingerprint density at radius 3 is 1.52 bits per heavy atom. The molecule has 8 nitrogen and oxygen atoms in total. The van der Waals surface area contributed by atoms with E-state index in [9.17, 15) is 9.59 Å². The molecule has 0 saturated heterocycles. The second-order valence-electron chi connectivity index (χ2n) is 10.5. The summed E-state index contributed by atoms with van der Waals surface area (Å²) >= 11 is 6.33. The maximum absolute atomic E-state index is 13.2. The van der Waals surface area contributed by atoms with Gasteiger partial charge in [0, 0.05) is 62.9 Å². The molecular weight excluding hydrogens is 552 g/mol. The van der Waals surface area contributed by atoms with Crippen molar-refractivity contribution in [1.82, 2.24) is 8.80 Å². The number of pyridine rings is 2. The predicted molar refractivity (Wildman–Crippen MR) is 168 cm³/mol. The van der Waals surface area contributed by atoms with Crippen LogP contribution in [0.15, 0.2) is 73.1 Å². The molecule has 0 unspecified atom stereocenters. The highest BCUT2D eigenvalue weighted by atomic mass is 35.5. The number of ether oxygens (including phenoxy) is 2. The Hall–Kier alpha value is -4.43. The first-order valence-electron chi connectivity index (χ1n) is 13.9. The lowest BCUT2D eigenvalue weighted by molar-refractivity contribution is 0.0509. The van der Waals surface area contributed by atoms with Crippen molar-refractivity contribution < 1.29 is 19.1 Å². The van der Waals surface area contributed by atoms with Crippen LogP contribution in [0.3, 0.4) is 0 Å². The highest BCUT2D eigenvalue weighted by Crippen LogP contribution is 2.41. The highest BCUT2D eigenvalue weighted by Gasteiger charge is 2.29. The molecule has 0 spiro atoms. The number of nitrogens with zero attached hydrogens (tertiary/aromatic N) is 4. The van der Waals surface area contributed by atoms with Gasteiger partial charge in [0.15, 0.2) is 0 Å². The van der Waals surface area contributed by atoms with Crippen molar-refractivity contribution in [1.29, 1.82) is 0 Å². The third-order valence-corrected chi connectivity index (χ3v) is 7.65. The first-order valence-corrected chi connectivity index (χ1v) is 14.3. The molecule has 0 aliphatic rings. The summed E-state index contributed by atoms with van der Waals surface area (Å²) in [5.41, 5.74) is 7.26. The zero-order chi connectivity index (χ0) is 30.1. The van der Waals surface area contributed by atoms with Gasteiger partial charge >= 0.3 is 11.9 Å². The van der Waals surface area contributed by atoms with Crippen molar-refractivity contribution in [2.75, 3.05) is 51.2 Å². The van der Waals surface area contributed by atoms with Crippen molar-refractivity contribution in [2.24, 2.45) is 0 Å². The van der Waals surface area contributed by atoms with Crippen molar-refractivity contribution in [3.05, 3.63) is 106 Å². The first kappa shape index (κ1) is 29.1. The maximum Gasteiger partial charge on any atom is 0.355 e. The van der Waals surface area contributed by atoms with Gasteiger partial charge in [-0.15, -0.1) is 0 Å². The van der Waals surface area contributed by atoms with Crippen LogP contribution in [0, 0.1) is 0 Å². The SMILES string of the molecule is CCOC(=O)c1cc(C(c2ccc(Cl)cc2)c2cc(C(=O)OCC)n3ccc(N(C)C)cc23)c2cc(N(C)C)ccn12. The molecule has 5 rings (SSSR count). The van der Waals surface area contributed by atoms with Crippen LogP contribution in [0.2, 0.25) is 5.02 Å². The first-order chi connectivity index (χ1) is 20.1. The number of aromatic nitrogens is 2. The zero-order valence-corrected chi connectivity index (χ0v) is 25.5.